The Labute approximate surface area is 238 Å². The molecule has 9 nitrogen and oxygen atoms in total. The maximum Gasteiger partial charge on any atom is 0.250 e. The molecule has 3 saturated heterocycles. The highest BCUT2D eigenvalue weighted by molar-refractivity contribution is 6.05. The third-order valence-electron chi connectivity index (χ3n) is 8.84. The molecule has 3 aromatic carbocycles. The number of methoxy groups -OCH3 is 1. The van der Waals surface area contributed by atoms with Gasteiger partial charge in [-0.05, 0) is 61.7 Å². The van der Waals surface area contributed by atoms with Crippen molar-refractivity contribution in [1.82, 2.24) is 4.90 Å². The predicted octanol–water partition coefficient (Wildman–Crippen LogP) is 3.77. The maximum atomic E-state index is 14.5. The lowest BCUT2D eigenvalue weighted by atomic mass is 9.66. The quantitative estimate of drug-likeness (QED) is 0.390. The van der Waals surface area contributed by atoms with Crippen molar-refractivity contribution in [1.29, 1.82) is 0 Å². The normalized spacial score (nSPS) is 28.7. The molecule has 3 aliphatic rings. The Morgan fingerprint density at radius 3 is 2.20 bits per heavy atom. The molecule has 3 aromatic rings. The monoisotopic (exact) mass is 555 g/mol. The number of hydrogen-bond acceptors (Lipinski definition) is 6. The van der Waals surface area contributed by atoms with Crippen LogP contribution in [-0.2, 0) is 19.1 Å². The number of fused-ring (bicyclic) bond motifs is 1. The summed E-state index contributed by atoms with van der Waals surface area (Å²) in [7, 11) is 1.56. The molecule has 3 fully saturated rings. The lowest BCUT2D eigenvalue weighted by molar-refractivity contribution is -0.147. The number of nitrogens with one attached hydrogen (secondary N) is 2. The van der Waals surface area contributed by atoms with Crippen molar-refractivity contribution in [2.24, 2.45) is 11.8 Å². The highest BCUT2D eigenvalue weighted by Crippen LogP contribution is 2.64. The SMILES string of the molecule is COc1ccc(NC(=O)C2N([C@H](CO)c3ccccc3)C(=O)[C@@H]3[C@@H](C(=O)Nc4ccccc4)[C@@]4(C)CCC23O4)cc1. The van der Waals surface area contributed by atoms with Crippen LogP contribution in [0.5, 0.6) is 5.75 Å². The summed E-state index contributed by atoms with van der Waals surface area (Å²) in [6.07, 6.45) is 0.943. The molecule has 212 valence electrons. The number of amides is 3. The van der Waals surface area contributed by atoms with E-state index in [-0.39, 0.29) is 11.8 Å². The summed E-state index contributed by atoms with van der Waals surface area (Å²) in [6, 6.07) is 23.2. The number of carbonyl (C=O) groups is 3. The number of likely N-dealkylation sites (tertiary alicyclic amines) is 1. The minimum Gasteiger partial charge on any atom is -0.497 e. The van der Waals surface area contributed by atoms with Gasteiger partial charge in [0.15, 0.2) is 0 Å². The van der Waals surface area contributed by atoms with Gasteiger partial charge < -0.3 is 30.1 Å². The molecule has 3 amide bonds. The van der Waals surface area contributed by atoms with E-state index in [1.807, 2.05) is 55.5 Å². The first kappa shape index (κ1) is 27.0. The highest BCUT2D eigenvalue weighted by Gasteiger charge is 2.78. The molecule has 3 N–H and O–H groups in total. The van der Waals surface area contributed by atoms with Gasteiger partial charge in [0, 0.05) is 11.4 Å². The molecule has 3 aliphatic heterocycles. The van der Waals surface area contributed by atoms with Gasteiger partial charge in [0.1, 0.15) is 17.4 Å². The van der Waals surface area contributed by atoms with Gasteiger partial charge in [-0.15, -0.1) is 0 Å². The largest absolute Gasteiger partial charge is 0.497 e. The average Bonchev–Trinajstić information content (AvgIpc) is 3.56. The maximum absolute atomic E-state index is 14.5. The van der Waals surface area contributed by atoms with Crippen LogP contribution in [0.4, 0.5) is 11.4 Å². The number of carbonyl (C=O) groups excluding carboxylic acids is 3. The first-order valence-corrected chi connectivity index (χ1v) is 13.8. The first-order chi connectivity index (χ1) is 19.8. The van der Waals surface area contributed by atoms with Gasteiger partial charge in [0.2, 0.25) is 17.7 Å². The van der Waals surface area contributed by atoms with Gasteiger partial charge in [-0.2, -0.15) is 0 Å². The molecule has 0 radical (unpaired) electrons. The van der Waals surface area contributed by atoms with Crippen LogP contribution < -0.4 is 15.4 Å². The van der Waals surface area contributed by atoms with E-state index < -0.39 is 47.6 Å². The van der Waals surface area contributed by atoms with Crippen LogP contribution in [0.25, 0.3) is 0 Å². The molecule has 6 rings (SSSR count). The summed E-state index contributed by atoms with van der Waals surface area (Å²) in [5.41, 5.74) is -0.325. The molecular formula is C32H33N3O6. The molecule has 0 aliphatic carbocycles. The summed E-state index contributed by atoms with van der Waals surface area (Å²) in [6.45, 7) is 1.45. The molecule has 41 heavy (non-hydrogen) atoms. The molecule has 6 atom stereocenters. The number of rotatable bonds is 8. The smallest absolute Gasteiger partial charge is 0.250 e. The van der Waals surface area contributed by atoms with Crippen LogP contribution in [0.15, 0.2) is 84.9 Å². The van der Waals surface area contributed by atoms with Crippen LogP contribution in [-0.4, -0.2) is 58.7 Å². The molecule has 2 bridgehead atoms. The zero-order valence-electron chi connectivity index (χ0n) is 22.9. The minimum atomic E-state index is -1.23. The number of nitrogens with zero attached hydrogens (tertiary/aromatic N) is 1. The lowest BCUT2D eigenvalue weighted by Gasteiger charge is -2.37. The van der Waals surface area contributed by atoms with Crippen molar-refractivity contribution < 1.29 is 29.0 Å². The van der Waals surface area contributed by atoms with Gasteiger partial charge >= 0.3 is 0 Å². The second kappa shape index (κ2) is 10.3. The second-order valence-electron chi connectivity index (χ2n) is 11.2. The third-order valence-corrected chi connectivity index (χ3v) is 8.84. The summed E-state index contributed by atoms with van der Waals surface area (Å²) in [5.74, 6) is -2.21. The topological polar surface area (TPSA) is 117 Å². The summed E-state index contributed by atoms with van der Waals surface area (Å²) >= 11 is 0. The van der Waals surface area contributed by atoms with E-state index in [4.69, 9.17) is 9.47 Å². The second-order valence-corrected chi connectivity index (χ2v) is 11.2. The van der Waals surface area contributed by atoms with E-state index >= 15 is 0 Å². The third kappa shape index (κ3) is 4.36. The van der Waals surface area contributed by atoms with Crippen LogP contribution >= 0.6 is 0 Å². The van der Waals surface area contributed by atoms with E-state index in [1.54, 1.807) is 43.5 Å². The Kier molecular flexibility index (Phi) is 6.79. The van der Waals surface area contributed by atoms with Crippen molar-refractivity contribution in [2.75, 3.05) is 24.4 Å². The number of aliphatic hydroxyl groups is 1. The van der Waals surface area contributed by atoms with Gasteiger partial charge in [-0.3, -0.25) is 14.4 Å². The summed E-state index contributed by atoms with van der Waals surface area (Å²) in [4.78, 5) is 43.9. The zero-order chi connectivity index (χ0) is 28.8. The van der Waals surface area contributed by atoms with Crippen LogP contribution in [0.3, 0.4) is 0 Å². The number of ether oxygens (including phenoxy) is 2. The van der Waals surface area contributed by atoms with E-state index in [0.717, 1.165) is 0 Å². The standard InChI is InChI=1S/C32H33N3O6/c1-31-17-18-32(41-31)26(25(31)28(37)33-21-11-7-4-8-12-21)30(39)35(24(19-36)20-9-5-3-6-10-20)27(32)29(38)34-22-13-15-23(40-2)16-14-22/h3-16,24-27,36H,17-19H2,1-2H3,(H,33,37)(H,34,38)/t24-,25+,26+,27?,31-,32?/m1/s1. The Hall–Kier alpha value is -4.21. The lowest BCUT2D eigenvalue weighted by Crippen LogP contribution is -2.54. The van der Waals surface area contributed by atoms with Crippen molar-refractivity contribution >= 4 is 29.1 Å². The Balaban J connectivity index is 1.41. The van der Waals surface area contributed by atoms with Gasteiger partial charge in [-0.1, -0.05) is 48.5 Å². The number of hydrogen-bond donors (Lipinski definition) is 3. The Morgan fingerprint density at radius 1 is 0.951 bits per heavy atom. The summed E-state index contributed by atoms with van der Waals surface area (Å²) < 4.78 is 11.9. The molecule has 0 aromatic heterocycles. The van der Waals surface area contributed by atoms with E-state index in [2.05, 4.69) is 10.6 Å². The van der Waals surface area contributed by atoms with Crippen LogP contribution in [0.2, 0.25) is 0 Å². The van der Waals surface area contributed by atoms with Crippen LogP contribution in [0, 0.1) is 11.8 Å². The van der Waals surface area contributed by atoms with Crippen molar-refractivity contribution in [3.63, 3.8) is 0 Å². The first-order valence-electron chi connectivity index (χ1n) is 13.8. The van der Waals surface area contributed by atoms with Crippen molar-refractivity contribution in [2.45, 2.75) is 43.1 Å². The molecule has 9 heteroatoms. The number of aliphatic hydroxyl groups excluding tert-OH is 1. The van der Waals surface area contributed by atoms with Gasteiger partial charge in [-0.25, -0.2) is 0 Å². The number of para-hydroxylation sites is 1. The Bertz CT molecular complexity index is 1450. The Morgan fingerprint density at radius 2 is 1.56 bits per heavy atom. The number of anilines is 2. The molecular weight excluding hydrogens is 522 g/mol. The summed E-state index contributed by atoms with van der Waals surface area (Å²) in [5, 5.41) is 16.5. The zero-order valence-corrected chi connectivity index (χ0v) is 22.9. The molecule has 1 spiro atoms. The average molecular weight is 556 g/mol. The minimum absolute atomic E-state index is 0.324. The van der Waals surface area contributed by atoms with Crippen molar-refractivity contribution in [3.05, 3.63) is 90.5 Å². The van der Waals surface area contributed by atoms with Gasteiger partial charge in [0.05, 0.1) is 37.2 Å². The van der Waals surface area contributed by atoms with Crippen LogP contribution in [0.1, 0.15) is 31.4 Å². The predicted molar refractivity (Wildman–Crippen MR) is 152 cm³/mol. The molecule has 3 heterocycles. The fourth-order valence-electron chi connectivity index (χ4n) is 7.06. The van der Waals surface area contributed by atoms with E-state index in [9.17, 15) is 19.5 Å². The molecule has 0 saturated carbocycles. The fraction of sp³-hybridized carbons (Fsp3) is 0.344. The number of benzene rings is 3. The van der Waals surface area contributed by atoms with E-state index in [0.29, 0.717) is 35.5 Å². The highest BCUT2D eigenvalue weighted by atomic mass is 16.5. The van der Waals surface area contributed by atoms with Crippen molar-refractivity contribution in [3.8, 4) is 5.75 Å². The van der Waals surface area contributed by atoms with Gasteiger partial charge in [0.25, 0.3) is 0 Å². The molecule has 2 unspecified atom stereocenters. The fourth-order valence-corrected chi connectivity index (χ4v) is 7.06. The van der Waals surface area contributed by atoms with E-state index in [1.165, 1.54) is 4.90 Å².